The van der Waals surface area contributed by atoms with E-state index in [0.29, 0.717) is 17.8 Å². The molecule has 2 aromatic rings. The lowest BCUT2D eigenvalue weighted by Crippen LogP contribution is -2.50. The highest BCUT2D eigenvalue weighted by atomic mass is 79.9. The Morgan fingerprint density at radius 3 is 2.84 bits per heavy atom. The first-order chi connectivity index (χ1) is 12.2. The molecule has 1 amide bonds. The van der Waals surface area contributed by atoms with Gasteiger partial charge in [0, 0.05) is 22.6 Å². The summed E-state index contributed by atoms with van der Waals surface area (Å²) in [5.74, 6) is 1.34. The zero-order valence-corrected chi connectivity index (χ0v) is 15.7. The fraction of sp³-hybridized carbons (Fsp3) is 0.556. The zero-order chi connectivity index (χ0) is 17.2. The average molecular weight is 404 g/mol. The lowest BCUT2D eigenvalue weighted by Gasteiger charge is -2.44. The van der Waals surface area contributed by atoms with Crippen LogP contribution < -0.4 is 0 Å². The van der Waals surface area contributed by atoms with E-state index in [-0.39, 0.29) is 12.5 Å². The van der Waals surface area contributed by atoms with Crippen molar-refractivity contribution < 1.29 is 4.79 Å². The highest BCUT2D eigenvalue weighted by Gasteiger charge is 2.35. The van der Waals surface area contributed by atoms with Crippen LogP contribution in [0.4, 0.5) is 0 Å². The Kier molecular flexibility index (Phi) is 4.83. The smallest absolute Gasteiger partial charge is 0.246 e. The van der Waals surface area contributed by atoms with Crippen molar-refractivity contribution in [1.82, 2.24) is 25.1 Å². The number of nitrogens with zero attached hydrogens (tertiary/aromatic N) is 5. The van der Waals surface area contributed by atoms with Crippen LogP contribution in [0.25, 0.3) is 11.4 Å². The lowest BCUT2D eigenvalue weighted by molar-refractivity contribution is -0.138. The molecule has 1 aliphatic carbocycles. The average Bonchev–Trinajstić information content (AvgIpc) is 3.09. The first-order valence-corrected chi connectivity index (χ1v) is 9.84. The Morgan fingerprint density at radius 2 is 1.96 bits per heavy atom. The number of likely N-dealkylation sites (tertiary alicyclic amines) is 1. The first-order valence-electron chi connectivity index (χ1n) is 9.04. The van der Waals surface area contributed by atoms with Crippen molar-refractivity contribution >= 4 is 21.8 Å². The molecule has 2 heterocycles. The standard InChI is InChI=1S/C18H22BrN5O/c19-15-9-3-2-8-14(15)18-20-22-24(21-18)12-17(25)23-11-5-7-13-6-1-4-10-16(13)23/h2-3,8-9,13,16H,1,4-7,10-12H2/t13-,16+/m1/s1. The van der Waals surface area contributed by atoms with Gasteiger partial charge in [0.15, 0.2) is 0 Å². The fourth-order valence-corrected chi connectivity index (χ4v) is 4.67. The maximum absolute atomic E-state index is 12.8. The van der Waals surface area contributed by atoms with E-state index < -0.39 is 0 Å². The maximum Gasteiger partial charge on any atom is 0.246 e. The number of amides is 1. The van der Waals surface area contributed by atoms with Crippen LogP contribution in [0.5, 0.6) is 0 Å². The molecule has 4 rings (SSSR count). The first kappa shape index (κ1) is 16.7. The fourth-order valence-electron chi connectivity index (χ4n) is 4.21. The molecule has 2 aliphatic rings. The van der Waals surface area contributed by atoms with E-state index in [1.54, 1.807) is 0 Å². The number of hydrogen-bond donors (Lipinski definition) is 0. The third-order valence-corrected chi connectivity index (χ3v) is 6.10. The molecule has 2 atom stereocenters. The summed E-state index contributed by atoms with van der Waals surface area (Å²) < 4.78 is 0.918. The van der Waals surface area contributed by atoms with Gasteiger partial charge < -0.3 is 4.90 Å². The number of hydrogen-bond acceptors (Lipinski definition) is 4. The van der Waals surface area contributed by atoms with Crippen molar-refractivity contribution in [1.29, 1.82) is 0 Å². The van der Waals surface area contributed by atoms with Gasteiger partial charge in [0.05, 0.1) is 0 Å². The van der Waals surface area contributed by atoms with Crippen LogP contribution in [0.1, 0.15) is 38.5 Å². The molecule has 132 valence electrons. The molecule has 0 unspecified atom stereocenters. The van der Waals surface area contributed by atoms with Gasteiger partial charge in [0.25, 0.3) is 0 Å². The minimum absolute atomic E-state index is 0.118. The maximum atomic E-state index is 12.8. The number of aromatic nitrogens is 4. The third-order valence-electron chi connectivity index (χ3n) is 5.41. The Bertz CT molecular complexity index is 759. The second kappa shape index (κ2) is 7.23. The Balaban J connectivity index is 1.47. The largest absolute Gasteiger partial charge is 0.338 e. The number of fused-ring (bicyclic) bond motifs is 1. The molecule has 1 aromatic carbocycles. The summed E-state index contributed by atoms with van der Waals surface area (Å²) in [7, 11) is 0. The van der Waals surface area contributed by atoms with E-state index >= 15 is 0 Å². The summed E-state index contributed by atoms with van der Waals surface area (Å²) in [5, 5.41) is 12.6. The van der Waals surface area contributed by atoms with Gasteiger partial charge in [-0.15, -0.1) is 10.2 Å². The molecule has 0 N–H and O–H groups in total. The molecule has 1 aromatic heterocycles. The minimum Gasteiger partial charge on any atom is -0.338 e. The van der Waals surface area contributed by atoms with Gasteiger partial charge in [-0.2, -0.15) is 4.80 Å². The summed E-state index contributed by atoms with van der Waals surface area (Å²) in [6.07, 6.45) is 7.33. The molecule has 7 heteroatoms. The monoisotopic (exact) mass is 403 g/mol. The van der Waals surface area contributed by atoms with Crippen molar-refractivity contribution in [2.75, 3.05) is 6.54 Å². The van der Waals surface area contributed by atoms with Gasteiger partial charge in [0.2, 0.25) is 11.7 Å². The predicted molar refractivity (Wildman–Crippen MR) is 97.6 cm³/mol. The van der Waals surface area contributed by atoms with Crippen LogP contribution in [0.15, 0.2) is 28.7 Å². The summed E-state index contributed by atoms with van der Waals surface area (Å²) in [6, 6.07) is 8.17. The molecule has 1 saturated heterocycles. The van der Waals surface area contributed by atoms with Gasteiger partial charge in [0.1, 0.15) is 6.54 Å². The number of benzene rings is 1. The third kappa shape index (κ3) is 3.47. The van der Waals surface area contributed by atoms with Crippen LogP contribution in [-0.2, 0) is 11.3 Å². The van der Waals surface area contributed by atoms with Crippen molar-refractivity contribution in [2.24, 2.45) is 5.92 Å². The molecule has 25 heavy (non-hydrogen) atoms. The lowest BCUT2D eigenvalue weighted by atomic mass is 9.78. The van der Waals surface area contributed by atoms with Crippen LogP contribution >= 0.6 is 15.9 Å². The van der Waals surface area contributed by atoms with E-state index in [1.807, 2.05) is 24.3 Å². The van der Waals surface area contributed by atoms with Gasteiger partial charge in [-0.25, -0.2) is 0 Å². The summed E-state index contributed by atoms with van der Waals surface area (Å²) in [4.78, 5) is 16.3. The summed E-state index contributed by atoms with van der Waals surface area (Å²) in [5.41, 5.74) is 0.881. The number of tetrazole rings is 1. The zero-order valence-electron chi connectivity index (χ0n) is 14.1. The molecule has 0 radical (unpaired) electrons. The Morgan fingerprint density at radius 1 is 1.16 bits per heavy atom. The van der Waals surface area contributed by atoms with Crippen molar-refractivity contribution in [3.63, 3.8) is 0 Å². The molecule has 0 bridgehead atoms. The minimum atomic E-state index is 0.118. The quantitative estimate of drug-likeness (QED) is 0.788. The van der Waals surface area contributed by atoms with Crippen LogP contribution in [-0.4, -0.2) is 43.6 Å². The second-order valence-electron chi connectivity index (χ2n) is 6.96. The van der Waals surface area contributed by atoms with E-state index in [1.165, 1.54) is 30.5 Å². The molecule has 2 fully saturated rings. The van der Waals surface area contributed by atoms with Gasteiger partial charge >= 0.3 is 0 Å². The van der Waals surface area contributed by atoms with Gasteiger partial charge in [-0.1, -0.05) is 40.9 Å². The number of rotatable bonds is 3. The Labute approximate surface area is 155 Å². The van der Waals surface area contributed by atoms with E-state index in [0.717, 1.165) is 29.4 Å². The van der Waals surface area contributed by atoms with E-state index in [9.17, 15) is 4.79 Å². The number of carbonyl (C=O) groups excluding carboxylic acids is 1. The topological polar surface area (TPSA) is 63.9 Å². The molecule has 1 aliphatic heterocycles. The van der Waals surface area contributed by atoms with Gasteiger partial charge in [-0.3, -0.25) is 4.79 Å². The second-order valence-corrected chi connectivity index (χ2v) is 7.82. The number of halogens is 1. The van der Waals surface area contributed by atoms with Crippen LogP contribution in [0.2, 0.25) is 0 Å². The molecular weight excluding hydrogens is 382 g/mol. The summed E-state index contributed by atoms with van der Waals surface area (Å²) in [6.45, 7) is 1.03. The predicted octanol–water partition coefficient (Wildman–Crippen LogP) is 3.28. The molecular formula is C18H22BrN5O. The van der Waals surface area contributed by atoms with Crippen molar-refractivity contribution in [2.45, 2.75) is 51.1 Å². The highest BCUT2D eigenvalue weighted by Crippen LogP contribution is 2.35. The molecule has 6 nitrogen and oxygen atoms in total. The number of carbonyl (C=O) groups is 1. The van der Waals surface area contributed by atoms with Crippen molar-refractivity contribution in [3.05, 3.63) is 28.7 Å². The van der Waals surface area contributed by atoms with Crippen LogP contribution in [0, 0.1) is 5.92 Å². The molecule has 1 saturated carbocycles. The normalized spacial score (nSPS) is 23.3. The van der Waals surface area contributed by atoms with E-state index in [2.05, 4.69) is 36.2 Å². The summed E-state index contributed by atoms with van der Waals surface area (Å²) >= 11 is 3.50. The highest BCUT2D eigenvalue weighted by molar-refractivity contribution is 9.10. The van der Waals surface area contributed by atoms with Crippen molar-refractivity contribution in [3.8, 4) is 11.4 Å². The van der Waals surface area contributed by atoms with Crippen LogP contribution in [0.3, 0.4) is 0 Å². The molecule has 0 spiro atoms. The van der Waals surface area contributed by atoms with E-state index in [4.69, 9.17) is 0 Å². The Hall–Kier alpha value is -1.76. The number of piperidine rings is 1. The van der Waals surface area contributed by atoms with Gasteiger partial charge in [-0.05, 0) is 48.9 Å². The SMILES string of the molecule is O=C(Cn1nnc(-c2ccccc2Br)n1)N1CCC[C@H]2CCCC[C@@H]21.